The third-order valence-corrected chi connectivity index (χ3v) is 2.46. The maximum Gasteiger partial charge on any atom is 0.228 e. The molecule has 2 heterocycles. The number of carbonyl (C=O) groups is 1. The Bertz CT molecular complexity index is 342. The summed E-state index contributed by atoms with van der Waals surface area (Å²) >= 11 is 0. The number of carbonyl (C=O) groups excluding carboxylic acids is 1. The van der Waals surface area contributed by atoms with Crippen molar-refractivity contribution in [2.45, 2.75) is 13.3 Å². The molecule has 1 fully saturated rings. The Morgan fingerprint density at radius 2 is 2.33 bits per heavy atom. The molecule has 1 aromatic rings. The van der Waals surface area contributed by atoms with Crippen LogP contribution in [0.3, 0.4) is 0 Å². The van der Waals surface area contributed by atoms with Crippen molar-refractivity contribution < 1.29 is 9.53 Å². The summed E-state index contributed by atoms with van der Waals surface area (Å²) in [4.78, 5) is 13.6. The van der Waals surface area contributed by atoms with Crippen LogP contribution in [-0.4, -0.2) is 47.3 Å². The number of H-pyrrole nitrogens is 1. The van der Waals surface area contributed by atoms with Crippen LogP contribution in [0.2, 0.25) is 0 Å². The van der Waals surface area contributed by atoms with Crippen LogP contribution in [0, 0.1) is 6.92 Å². The zero-order valence-electron chi connectivity index (χ0n) is 8.82. The third kappa shape index (κ3) is 2.56. The monoisotopic (exact) mass is 209 g/mol. The smallest absolute Gasteiger partial charge is 0.228 e. The van der Waals surface area contributed by atoms with Crippen LogP contribution >= 0.6 is 0 Å². The van der Waals surface area contributed by atoms with E-state index < -0.39 is 0 Å². The molecule has 1 N–H and O–H groups in total. The highest BCUT2D eigenvalue weighted by molar-refractivity contribution is 5.78. The number of amides is 1. The van der Waals surface area contributed by atoms with Crippen molar-refractivity contribution in [1.82, 2.24) is 15.1 Å². The SMILES string of the molecule is Cc1cc(CC(=O)N2CCOCC2)n[nH]1. The molecule has 15 heavy (non-hydrogen) atoms. The van der Waals surface area contributed by atoms with Gasteiger partial charge in [-0.1, -0.05) is 0 Å². The number of rotatable bonds is 2. The molecule has 0 saturated carbocycles. The normalized spacial score (nSPS) is 16.7. The molecule has 0 unspecified atom stereocenters. The number of morpholine rings is 1. The first-order chi connectivity index (χ1) is 7.25. The van der Waals surface area contributed by atoms with Crippen molar-refractivity contribution in [3.63, 3.8) is 0 Å². The number of nitrogens with zero attached hydrogens (tertiary/aromatic N) is 2. The van der Waals surface area contributed by atoms with Gasteiger partial charge in [-0.15, -0.1) is 0 Å². The van der Waals surface area contributed by atoms with Gasteiger partial charge >= 0.3 is 0 Å². The molecule has 5 heteroatoms. The van der Waals surface area contributed by atoms with Crippen molar-refractivity contribution in [2.75, 3.05) is 26.3 Å². The van der Waals surface area contributed by atoms with Crippen LogP contribution in [0.4, 0.5) is 0 Å². The zero-order valence-corrected chi connectivity index (χ0v) is 8.82. The maximum atomic E-state index is 11.8. The second kappa shape index (κ2) is 4.44. The highest BCUT2D eigenvalue weighted by atomic mass is 16.5. The first-order valence-electron chi connectivity index (χ1n) is 5.12. The van der Waals surface area contributed by atoms with E-state index in [1.807, 2.05) is 17.9 Å². The largest absolute Gasteiger partial charge is 0.378 e. The van der Waals surface area contributed by atoms with Crippen LogP contribution in [0.5, 0.6) is 0 Å². The van der Waals surface area contributed by atoms with Crippen LogP contribution in [-0.2, 0) is 16.0 Å². The number of ether oxygens (including phenoxy) is 1. The van der Waals surface area contributed by atoms with E-state index in [1.165, 1.54) is 0 Å². The molecule has 1 aromatic heterocycles. The van der Waals surface area contributed by atoms with Gasteiger partial charge in [-0.3, -0.25) is 9.89 Å². The molecule has 0 radical (unpaired) electrons. The molecule has 0 spiro atoms. The van der Waals surface area contributed by atoms with Gasteiger partial charge < -0.3 is 9.64 Å². The first kappa shape index (κ1) is 10.2. The summed E-state index contributed by atoms with van der Waals surface area (Å²) in [7, 11) is 0. The topological polar surface area (TPSA) is 58.2 Å². The third-order valence-electron chi connectivity index (χ3n) is 2.46. The molecular weight excluding hydrogens is 194 g/mol. The van der Waals surface area contributed by atoms with E-state index in [1.54, 1.807) is 0 Å². The average molecular weight is 209 g/mol. The first-order valence-corrected chi connectivity index (χ1v) is 5.12. The summed E-state index contributed by atoms with van der Waals surface area (Å²) in [5.41, 5.74) is 1.80. The standard InChI is InChI=1S/C10H15N3O2/c1-8-6-9(12-11-8)7-10(14)13-2-4-15-5-3-13/h6H,2-5,7H2,1H3,(H,11,12). The Morgan fingerprint density at radius 3 is 2.93 bits per heavy atom. The van der Waals surface area contributed by atoms with Gasteiger partial charge in [0.2, 0.25) is 5.91 Å². The Morgan fingerprint density at radius 1 is 1.60 bits per heavy atom. The van der Waals surface area contributed by atoms with E-state index in [0.717, 1.165) is 11.4 Å². The quantitative estimate of drug-likeness (QED) is 0.752. The molecule has 0 bridgehead atoms. The number of hydrogen-bond donors (Lipinski definition) is 1. The summed E-state index contributed by atoms with van der Waals surface area (Å²) in [6, 6.07) is 1.90. The summed E-state index contributed by atoms with van der Waals surface area (Å²) in [5, 5.41) is 6.88. The lowest BCUT2D eigenvalue weighted by Crippen LogP contribution is -2.41. The van der Waals surface area contributed by atoms with Gasteiger partial charge in [0.05, 0.1) is 25.3 Å². The fourth-order valence-electron chi connectivity index (χ4n) is 1.64. The number of aryl methyl sites for hydroxylation is 1. The molecule has 1 saturated heterocycles. The average Bonchev–Trinajstić information content (AvgIpc) is 2.65. The zero-order chi connectivity index (χ0) is 10.7. The molecule has 1 aliphatic heterocycles. The Hall–Kier alpha value is -1.36. The highest BCUT2D eigenvalue weighted by Crippen LogP contribution is 2.04. The van der Waals surface area contributed by atoms with Gasteiger partial charge in [-0.05, 0) is 13.0 Å². The maximum absolute atomic E-state index is 11.8. The fraction of sp³-hybridized carbons (Fsp3) is 0.600. The molecule has 1 amide bonds. The molecule has 0 aliphatic carbocycles. The summed E-state index contributed by atoms with van der Waals surface area (Å²) < 4.78 is 5.19. The Balaban J connectivity index is 1.91. The molecule has 1 aliphatic rings. The molecule has 2 rings (SSSR count). The van der Waals surface area contributed by atoms with Crippen molar-refractivity contribution in [3.8, 4) is 0 Å². The van der Waals surface area contributed by atoms with Gasteiger partial charge in [0.25, 0.3) is 0 Å². The van der Waals surface area contributed by atoms with Gasteiger partial charge in [-0.25, -0.2) is 0 Å². The second-order valence-corrected chi connectivity index (χ2v) is 3.71. The lowest BCUT2D eigenvalue weighted by Gasteiger charge is -2.26. The summed E-state index contributed by atoms with van der Waals surface area (Å²) in [6.07, 6.45) is 0.379. The van der Waals surface area contributed by atoms with Gasteiger partial charge in [0.15, 0.2) is 0 Å². The molecule has 5 nitrogen and oxygen atoms in total. The van der Waals surface area contributed by atoms with Crippen molar-refractivity contribution in [3.05, 3.63) is 17.5 Å². The number of nitrogens with one attached hydrogen (secondary N) is 1. The summed E-state index contributed by atoms with van der Waals surface area (Å²) in [5.74, 6) is 0.129. The minimum Gasteiger partial charge on any atom is -0.378 e. The highest BCUT2D eigenvalue weighted by Gasteiger charge is 2.17. The van der Waals surface area contributed by atoms with Crippen molar-refractivity contribution >= 4 is 5.91 Å². The van der Waals surface area contributed by atoms with Gasteiger partial charge in [0.1, 0.15) is 0 Å². The van der Waals surface area contributed by atoms with E-state index in [4.69, 9.17) is 4.74 Å². The Labute approximate surface area is 88.4 Å². The van der Waals surface area contributed by atoms with E-state index >= 15 is 0 Å². The number of aromatic amines is 1. The Kier molecular flexibility index (Phi) is 3.01. The van der Waals surface area contributed by atoms with Crippen molar-refractivity contribution in [2.24, 2.45) is 0 Å². The summed E-state index contributed by atoms with van der Waals surface area (Å²) in [6.45, 7) is 4.61. The predicted octanol–water partition coefficient (Wildman–Crippen LogP) is 0.119. The van der Waals surface area contributed by atoms with Crippen LogP contribution in [0.15, 0.2) is 6.07 Å². The van der Waals surface area contributed by atoms with Crippen LogP contribution < -0.4 is 0 Å². The van der Waals surface area contributed by atoms with E-state index in [2.05, 4.69) is 10.2 Å². The molecule has 0 aromatic carbocycles. The predicted molar refractivity (Wildman–Crippen MR) is 54.4 cm³/mol. The van der Waals surface area contributed by atoms with E-state index in [0.29, 0.717) is 32.7 Å². The molecular formula is C10H15N3O2. The lowest BCUT2D eigenvalue weighted by molar-refractivity contribution is -0.134. The van der Waals surface area contributed by atoms with Gasteiger partial charge in [-0.2, -0.15) is 5.10 Å². The van der Waals surface area contributed by atoms with Crippen LogP contribution in [0.1, 0.15) is 11.4 Å². The van der Waals surface area contributed by atoms with Crippen LogP contribution in [0.25, 0.3) is 0 Å². The van der Waals surface area contributed by atoms with Crippen molar-refractivity contribution in [1.29, 1.82) is 0 Å². The molecule has 82 valence electrons. The minimum atomic E-state index is 0.129. The second-order valence-electron chi connectivity index (χ2n) is 3.71. The van der Waals surface area contributed by atoms with E-state index in [-0.39, 0.29) is 5.91 Å². The number of aromatic nitrogens is 2. The number of hydrogen-bond acceptors (Lipinski definition) is 3. The van der Waals surface area contributed by atoms with E-state index in [9.17, 15) is 4.79 Å². The molecule has 0 atom stereocenters. The lowest BCUT2D eigenvalue weighted by atomic mass is 10.2. The fourth-order valence-corrected chi connectivity index (χ4v) is 1.64. The minimum absolute atomic E-state index is 0.129. The van der Waals surface area contributed by atoms with Gasteiger partial charge in [0, 0.05) is 18.8 Å².